The molecule has 10 aromatic rings. The number of hydrogen-bond acceptors (Lipinski definition) is 4. The van der Waals surface area contributed by atoms with Crippen LogP contribution in [-0.2, 0) is 0 Å². The molecule has 8 aromatic carbocycles. The maximum atomic E-state index is 6.53. The summed E-state index contributed by atoms with van der Waals surface area (Å²) in [5, 5.41) is 2.14. The van der Waals surface area contributed by atoms with E-state index in [1.165, 1.54) is 33.4 Å². The van der Waals surface area contributed by atoms with Gasteiger partial charge in [0.15, 0.2) is 17.5 Å². The molecule has 4 nitrogen and oxygen atoms in total. The Balaban J connectivity index is 1.03. The van der Waals surface area contributed by atoms with E-state index in [1.807, 2.05) is 42.5 Å². The van der Waals surface area contributed by atoms with Crippen LogP contribution in [0.5, 0.6) is 0 Å². The molecule has 2 heterocycles. The molecule has 0 atom stereocenters. The van der Waals surface area contributed by atoms with Crippen LogP contribution in [-0.4, -0.2) is 15.0 Å². The van der Waals surface area contributed by atoms with Crippen molar-refractivity contribution in [3.63, 3.8) is 0 Å². The van der Waals surface area contributed by atoms with Crippen molar-refractivity contribution in [2.45, 2.75) is 6.92 Å². The van der Waals surface area contributed by atoms with Crippen molar-refractivity contribution in [2.75, 3.05) is 0 Å². The van der Waals surface area contributed by atoms with Gasteiger partial charge in [-0.2, -0.15) is 0 Å². The van der Waals surface area contributed by atoms with Crippen LogP contribution in [0.2, 0.25) is 0 Å². The van der Waals surface area contributed by atoms with E-state index in [-0.39, 0.29) is 0 Å². The summed E-state index contributed by atoms with van der Waals surface area (Å²) in [5.41, 5.74) is 14.9. The zero-order valence-electron chi connectivity index (χ0n) is 30.7. The Bertz CT molecular complexity index is 2990. The molecule has 0 saturated heterocycles. The van der Waals surface area contributed by atoms with Crippen molar-refractivity contribution in [1.29, 1.82) is 0 Å². The molecule has 0 spiro atoms. The topological polar surface area (TPSA) is 51.8 Å². The van der Waals surface area contributed by atoms with Crippen molar-refractivity contribution >= 4 is 21.9 Å². The first kappa shape index (κ1) is 33.2. The van der Waals surface area contributed by atoms with Crippen LogP contribution < -0.4 is 0 Å². The Morgan fingerprint density at radius 3 is 1.38 bits per heavy atom. The van der Waals surface area contributed by atoms with Crippen LogP contribution in [0.3, 0.4) is 0 Å². The van der Waals surface area contributed by atoms with E-state index in [0.717, 1.165) is 55.3 Å². The number of aryl methyl sites for hydroxylation is 1. The van der Waals surface area contributed by atoms with E-state index >= 15 is 0 Å². The molecule has 264 valence electrons. The Labute approximate surface area is 325 Å². The van der Waals surface area contributed by atoms with Crippen molar-refractivity contribution in [2.24, 2.45) is 0 Å². The van der Waals surface area contributed by atoms with E-state index in [0.29, 0.717) is 17.5 Å². The quantitative estimate of drug-likeness (QED) is 0.165. The third-order valence-electron chi connectivity index (χ3n) is 10.4. The van der Waals surface area contributed by atoms with Crippen molar-refractivity contribution in [3.8, 4) is 78.7 Å². The number of furan rings is 1. The molecule has 2 aromatic heterocycles. The van der Waals surface area contributed by atoms with Crippen LogP contribution in [0.1, 0.15) is 5.56 Å². The van der Waals surface area contributed by atoms with Gasteiger partial charge in [-0.1, -0.05) is 170 Å². The second-order valence-electron chi connectivity index (χ2n) is 14.1. The number of benzene rings is 8. The average molecular weight is 718 g/mol. The van der Waals surface area contributed by atoms with Crippen LogP contribution >= 0.6 is 0 Å². The molecule has 56 heavy (non-hydrogen) atoms. The number of hydrogen-bond donors (Lipinski definition) is 0. The summed E-state index contributed by atoms with van der Waals surface area (Å²) >= 11 is 0. The molecule has 0 bridgehead atoms. The van der Waals surface area contributed by atoms with E-state index in [1.54, 1.807) is 0 Å². The van der Waals surface area contributed by atoms with Gasteiger partial charge in [-0.3, -0.25) is 0 Å². The second-order valence-corrected chi connectivity index (χ2v) is 14.1. The van der Waals surface area contributed by atoms with Crippen LogP contribution in [0.4, 0.5) is 0 Å². The molecule has 0 unspecified atom stereocenters. The van der Waals surface area contributed by atoms with E-state index in [9.17, 15) is 0 Å². The van der Waals surface area contributed by atoms with Crippen LogP contribution in [0.15, 0.2) is 199 Å². The molecule has 0 aliphatic carbocycles. The zero-order valence-corrected chi connectivity index (χ0v) is 30.7. The fraction of sp³-hybridized carbons (Fsp3) is 0.0192. The van der Waals surface area contributed by atoms with Gasteiger partial charge < -0.3 is 4.42 Å². The van der Waals surface area contributed by atoms with Gasteiger partial charge in [-0.05, 0) is 81.3 Å². The predicted octanol–water partition coefficient (Wildman–Crippen LogP) is 13.7. The van der Waals surface area contributed by atoms with Gasteiger partial charge in [0, 0.05) is 27.5 Å². The SMILES string of the molecule is Cc1cc(-c2ccccc2)cc(-c2ccc(-c3nc(-c4ccccc4)nc(-c4ccc5c(c4)oc4cccc(-c6ccc(-c7ccccc7)cc6)c45)n3)cc2)c1. The monoisotopic (exact) mass is 717 g/mol. The Morgan fingerprint density at radius 1 is 0.321 bits per heavy atom. The highest BCUT2D eigenvalue weighted by Gasteiger charge is 2.17. The normalized spacial score (nSPS) is 11.3. The molecule has 0 aliphatic heterocycles. The summed E-state index contributed by atoms with van der Waals surface area (Å²) in [6.45, 7) is 2.15. The van der Waals surface area contributed by atoms with Gasteiger partial charge in [0.1, 0.15) is 11.2 Å². The number of aromatic nitrogens is 3. The average Bonchev–Trinajstić information content (AvgIpc) is 3.65. The second kappa shape index (κ2) is 14.1. The first-order chi connectivity index (χ1) is 27.6. The zero-order chi connectivity index (χ0) is 37.4. The highest BCUT2D eigenvalue weighted by atomic mass is 16.3. The summed E-state index contributed by atoms with van der Waals surface area (Å²) in [6.07, 6.45) is 0. The van der Waals surface area contributed by atoms with Gasteiger partial charge in [-0.25, -0.2) is 15.0 Å². The lowest BCUT2D eigenvalue weighted by atomic mass is 9.96. The van der Waals surface area contributed by atoms with Crippen LogP contribution in [0, 0.1) is 6.92 Å². The summed E-state index contributed by atoms with van der Waals surface area (Å²) in [4.78, 5) is 15.1. The lowest BCUT2D eigenvalue weighted by molar-refractivity contribution is 0.669. The third-order valence-corrected chi connectivity index (χ3v) is 10.4. The van der Waals surface area contributed by atoms with Crippen molar-refractivity contribution < 1.29 is 4.42 Å². The minimum Gasteiger partial charge on any atom is -0.456 e. The molecular formula is C52H35N3O. The molecule has 0 N–H and O–H groups in total. The van der Waals surface area contributed by atoms with Gasteiger partial charge >= 0.3 is 0 Å². The van der Waals surface area contributed by atoms with Gasteiger partial charge in [0.25, 0.3) is 0 Å². The highest BCUT2D eigenvalue weighted by molar-refractivity contribution is 6.13. The summed E-state index contributed by atoms with van der Waals surface area (Å²) in [7, 11) is 0. The van der Waals surface area contributed by atoms with Gasteiger partial charge in [-0.15, -0.1) is 0 Å². The number of rotatable bonds is 7. The first-order valence-electron chi connectivity index (χ1n) is 18.8. The molecule has 0 aliphatic rings. The Hall–Kier alpha value is -7.43. The Kier molecular flexibility index (Phi) is 8.34. The standard InChI is InChI=1S/C52H35N3O/c1-34-30-43(36-14-7-3-8-15-36)32-44(31-34)38-22-26-41(27-23-38)51-53-50(40-16-9-4-10-17-40)54-52(55-51)42-28-29-46-48(33-42)56-47-19-11-18-45(49(46)47)39-24-20-37(21-25-39)35-12-5-2-6-13-35/h2-33H,1H3. The molecule has 10 rings (SSSR count). The van der Waals surface area contributed by atoms with E-state index in [4.69, 9.17) is 19.4 Å². The maximum absolute atomic E-state index is 6.53. The summed E-state index contributed by atoms with van der Waals surface area (Å²) in [5.74, 6) is 1.82. The summed E-state index contributed by atoms with van der Waals surface area (Å²) in [6, 6.07) is 67.6. The smallest absolute Gasteiger partial charge is 0.164 e. The van der Waals surface area contributed by atoms with Gasteiger partial charge in [0.2, 0.25) is 0 Å². The lowest BCUT2D eigenvalue weighted by Gasteiger charge is -2.11. The Morgan fingerprint density at radius 2 is 0.768 bits per heavy atom. The predicted molar refractivity (Wildman–Crippen MR) is 230 cm³/mol. The molecule has 0 fully saturated rings. The minimum atomic E-state index is 0.586. The molecular weight excluding hydrogens is 683 g/mol. The minimum absolute atomic E-state index is 0.586. The fourth-order valence-electron chi connectivity index (χ4n) is 7.59. The first-order valence-corrected chi connectivity index (χ1v) is 18.8. The molecule has 4 heteroatoms. The van der Waals surface area contributed by atoms with Crippen LogP contribution in [0.25, 0.3) is 101 Å². The lowest BCUT2D eigenvalue weighted by Crippen LogP contribution is -2.00. The highest BCUT2D eigenvalue weighted by Crippen LogP contribution is 2.39. The summed E-state index contributed by atoms with van der Waals surface area (Å²) < 4.78 is 6.53. The van der Waals surface area contributed by atoms with Gasteiger partial charge in [0.05, 0.1) is 0 Å². The maximum Gasteiger partial charge on any atom is 0.164 e. The van der Waals surface area contributed by atoms with Crippen molar-refractivity contribution in [1.82, 2.24) is 15.0 Å². The number of fused-ring (bicyclic) bond motifs is 3. The molecule has 0 radical (unpaired) electrons. The fourth-order valence-corrected chi connectivity index (χ4v) is 7.59. The molecule has 0 saturated carbocycles. The van der Waals surface area contributed by atoms with Crippen molar-refractivity contribution in [3.05, 3.63) is 200 Å². The number of nitrogens with zero attached hydrogens (tertiary/aromatic N) is 3. The van der Waals surface area contributed by atoms with E-state index < -0.39 is 0 Å². The largest absolute Gasteiger partial charge is 0.456 e. The third kappa shape index (κ3) is 6.33. The van der Waals surface area contributed by atoms with E-state index in [2.05, 4.69) is 159 Å². The molecule has 0 amide bonds.